The highest BCUT2D eigenvalue weighted by atomic mass is 16.3. The summed E-state index contributed by atoms with van der Waals surface area (Å²) >= 11 is 0. The van der Waals surface area contributed by atoms with Crippen molar-refractivity contribution in [2.24, 2.45) is 0 Å². The fourth-order valence-corrected chi connectivity index (χ4v) is 1.91. The summed E-state index contributed by atoms with van der Waals surface area (Å²) in [7, 11) is 0. The van der Waals surface area contributed by atoms with E-state index in [-0.39, 0.29) is 0 Å². The van der Waals surface area contributed by atoms with Crippen LogP contribution in [0.2, 0.25) is 0 Å². The highest BCUT2D eigenvalue weighted by Gasteiger charge is 2.04. The van der Waals surface area contributed by atoms with Crippen LogP contribution in [0.25, 0.3) is 11.1 Å². The second kappa shape index (κ2) is 4.97. The van der Waals surface area contributed by atoms with E-state index in [1.165, 1.54) is 6.33 Å². The van der Waals surface area contributed by atoms with Gasteiger partial charge in [-0.3, -0.25) is 0 Å². The lowest BCUT2D eigenvalue weighted by Crippen LogP contribution is -2.02. The van der Waals surface area contributed by atoms with Crippen molar-refractivity contribution in [1.29, 1.82) is 5.26 Å². The van der Waals surface area contributed by atoms with E-state index >= 15 is 0 Å². The molecule has 20 heavy (non-hydrogen) atoms. The van der Waals surface area contributed by atoms with E-state index in [0.29, 0.717) is 23.9 Å². The monoisotopic (exact) mass is 265 g/mol. The van der Waals surface area contributed by atoms with E-state index in [2.05, 4.69) is 20.3 Å². The first kappa shape index (κ1) is 12.1. The second-order valence-electron chi connectivity index (χ2n) is 4.29. The Kier molecular flexibility index (Phi) is 3.01. The van der Waals surface area contributed by atoms with Crippen LogP contribution in [-0.4, -0.2) is 15.0 Å². The van der Waals surface area contributed by atoms with Crippen LogP contribution in [0.5, 0.6) is 0 Å². The Hall–Kier alpha value is -2.94. The highest BCUT2D eigenvalue weighted by molar-refractivity contribution is 5.73. The van der Waals surface area contributed by atoms with Gasteiger partial charge >= 0.3 is 0 Å². The molecule has 0 fully saturated rings. The molecule has 0 saturated carbocycles. The normalized spacial score (nSPS) is 10.4. The fourth-order valence-electron chi connectivity index (χ4n) is 1.91. The van der Waals surface area contributed by atoms with Crippen LogP contribution in [0.1, 0.15) is 17.1 Å². The van der Waals surface area contributed by atoms with Crippen molar-refractivity contribution < 1.29 is 4.42 Å². The summed E-state index contributed by atoms with van der Waals surface area (Å²) in [5.41, 5.74) is 3.01. The third-order valence-electron chi connectivity index (χ3n) is 2.81. The largest absolute Gasteiger partial charge is 0.441 e. The quantitative estimate of drug-likeness (QED) is 0.782. The predicted octanol–water partition coefficient (Wildman–Crippen LogP) is 2.41. The number of hydrogen-bond acceptors (Lipinski definition) is 6. The molecule has 2 aromatic heterocycles. The van der Waals surface area contributed by atoms with Gasteiger partial charge in [0.25, 0.3) is 0 Å². The summed E-state index contributed by atoms with van der Waals surface area (Å²) < 4.78 is 5.43. The fraction of sp³-hybridized carbons (Fsp3) is 0.143. The molecule has 98 valence electrons. The lowest BCUT2D eigenvalue weighted by molar-refractivity contribution is 0.561. The Morgan fingerprint density at radius 3 is 3.05 bits per heavy atom. The molecule has 0 amide bonds. The van der Waals surface area contributed by atoms with E-state index in [4.69, 9.17) is 9.68 Å². The summed E-state index contributed by atoms with van der Waals surface area (Å²) in [4.78, 5) is 12.2. The average Bonchev–Trinajstić information content (AvgIpc) is 2.84. The lowest BCUT2D eigenvalue weighted by Gasteiger charge is -2.05. The zero-order valence-corrected chi connectivity index (χ0v) is 10.8. The van der Waals surface area contributed by atoms with Crippen LogP contribution < -0.4 is 5.32 Å². The molecule has 6 nitrogen and oxygen atoms in total. The molecule has 0 spiro atoms. The Morgan fingerprint density at radius 2 is 2.20 bits per heavy atom. The molecule has 0 aliphatic heterocycles. The van der Waals surface area contributed by atoms with Gasteiger partial charge in [0.15, 0.2) is 11.5 Å². The number of hydrogen-bond donors (Lipinski definition) is 1. The Bertz CT molecular complexity index is 803. The number of nitriles is 1. The SMILES string of the molecule is Cc1nc2cc(CNc3cc(C#N)ncn3)ccc2o1. The lowest BCUT2D eigenvalue weighted by atomic mass is 10.2. The molecule has 3 aromatic rings. The molecular formula is C14H11N5O. The van der Waals surface area contributed by atoms with Gasteiger partial charge in [0.2, 0.25) is 0 Å². The van der Waals surface area contributed by atoms with Crippen LogP contribution in [0.15, 0.2) is 35.0 Å². The maximum Gasteiger partial charge on any atom is 0.192 e. The predicted molar refractivity (Wildman–Crippen MR) is 72.8 cm³/mol. The number of fused-ring (bicyclic) bond motifs is 1. The van der Waals surface area contributed by atoms with Gasteiger partial charge in [-0.1, -0.05) is 6.07 Å². The van der Waals surface area contributed by atoms with Crippen LogP contribution in [0.4, 0.5) is 5.82 Å². The van der Waals surface area contributed by atoms with Crippen LogP contribution in [0, 0.1) is 18.3 Å². The summed E-state index contributed by atoms with van der Waals surface area (Å²) in [5.74, 6) is 1.27. The zero-order valence-electron chi connectivity index (χ0n) is 10.8. The van der Waals surface area contributed by atoms with Crippen molar-refractivity contribution in [1.82, 2.24) is 15.0 Å². The Labute approximate surface area is 115 Å². The van der Waals surface area contributed by atoms with Gasteiger partial charge in [0.1, 0.15) is 29.4 Å². The van der Waals surface area contributed by atoms with Crippen LogP contribution in [-0.2, 0) is 6.54 Å². The van der Waals surface area contributed by atoms with Gasteiger partial charge < -0.3 is 9.73 Å². The van der Waals surface area contributed by atoms with Gasteiger partial charge in [-0.05, 0) is 17.7 Å². The van der Waals surface area contributed by atoms with E-state index in [1.807, 2.05) is 31.2 Å². The Balaban J connectivity index is 1.77. The highest BCUT2D eigenvalue weighted by Crippen LogP contribution is 2.17. The minimum atomic E-state index is 0.338. The van der Waals surface area contributed by atoms with Crippen molar-refractivity contribution in [3.05, 3.63) is 47.7 Å². The summed E-state index contributed by atoms with van der Waals surface area (Å²) in [6, 6.07) is 9.41. The van der Waals surface area contributed by atoms with E-state index in [0.717, 1.165) is 16.7 Å². The van der Waals surface area contributed by atoms with Crippen molar-refractivity contribution >= 4 is 16.9 Å². The maximum absolute atomic E-state index is 8.78. The molecular weight excluding hydrogens is 254 g/mol. The first-order valence-electron chi connectivity index (χ1n) is 6.07. The van der Waals surface area contributed by atoms with E-state index in [9.17, 15) is 0 Å². The molecule has 1 aromatic carbocycles. The summed E-state index contributed by atoms with van der Waals surface area (Å²) in [6.45, 7) is 2.41. The topological polar surface area (TPSA) is 87.6 Å². The number of nitrogens with one attached hydrogen (secondary N) is 1. The minimum Gasteiger partial charge on any atom is -0.441 e. The number of aromatic nitrogens is 3. The molecule has 1 N–H and O–H groups in total. The third-order valence-corrected chi connectivity index (χ3v) is 2.81. The van der Waals surface area contributed by atoms with E-state index < -0.39 is 0 Å². The molecule has 3 rings (SSSR count). The first-order chi connectivity index (χ1) is 9.74. The van der Waals surface area contributed by atoms with Crippen molar-refractivity contribution in [3.63, 3.8) is 0 Å². The van der Waals surface area contributed by atoms with Gasteiger partial charge in [-0.25, -0.2) is 15.0 Å². The minimum absolute atomic E-state index is 0.338. The van der Waals surface area contributed by atoms with E-state index in [1.54, 1.807) is 6.07 Å². The summed E-state index contributed by atoms with van der Waals surface area (Å²) in [6.07, 6.45) is 1.37. The zero-order chi connectivity index (χ0) is 13.9. The molecule has 0 unspecified atom stereocenters. The molecule has 0 bridgehead atoms. The van der Waals surface area contributed by atoms with Gasteiger partial charge in [-0.2, -0.15) is 5.26 Å². The average molecular weight is 265 g/mol. The standard InChI is InChI=1S/C14H11N5O/c1-9-19-12-4-10(2-3-13(12)20-9)7-16-14-5-11(6-15)17-8-18-14/h2-5,8H,7H2,1H3,(H,16,17,18). The number of nitrogens with zero attached hydrogens (tertiary/aromatic N) is 4. The Morgan fingerprint density at radius 1 is 1.30 bits per heavy atom. The van der Waals surface area contributed by atoms with Crippen molar-refractivity contribution in [3.8, 4) is 6.07 Å². The van der Waals surface area contributed by atoms with Gasteiger partial charge in [0.05, 0.1) is 0 Å². The molecule has 0 radical (unpaired) electrons. The number of aryl methyl sites for hydroxylation is 1. The third kappa shape index (κ3) is 2.42. The number of anilines is 1. The van der Waals surface area contributed by atoms with Crippen molar-refractivity contribution in [2.45, 2.75) is 13.5 Å². The molecule has 0 aliphatic carbocycles. The van der Waals surface area contributed by atoms with Gasteiger partial charge in [0, 0.05) is 19.5 Å². The van der Waals surface area contributed by atoms with Crippen LogP contribution >= 0.6 is 0 Å². The molecule has 0 atom stereocenters. The van der Waals surface area contributed by atoms with Crippen LogP contribution in [0.3, 0.4) is 0 Å². The number of benzene rings is 1. The van der Waals surface area contributed by atoms with Crippen molar-refractivity contribution in [2.75, 3.05) is 5.32 Å². The first-order valence-corrected chi connectivity index (χ1v) is 6.07. The van der Waals surface area contributed by atoms with Gasteiger partial charge in [-0.15, -0.1) is 0 Å². The molecule has 0 saturated heterocycles. The second-order valence-corrected chi connectivity index (χ2v) is 4.29. The molecule has 0 aliphatic rings. The molecule has 2 heterocycles. The smallest absolute Gasteiger partial charge is 0.192 e. The number of rotatable bonds is 3. The maximum atomic E-state index is 8.78. The number of oxazole rings is 1. The summed E-state index contributed by atoms with van der Waals surface area (Å²) in [5, 5.41) is 11.9. The molecule has 6 heteroatoms.